The molecule has 0 aromatic carbocycles. The van der Waals surface area contributed by atoms with Gasteiger partial charge in [-0.15, -0.1) is 0 Å². The van der Waals surface area contributed by atoms with Crippen molar-refractivity contribution in [3.8, 4) is 0 Å². The van der Waals surface area contributed by atoms with Crippen molar-refractivity contribution >= 4 is 5.84 Å². The van der Waals surface area contributed by atoms with E-state index in [9.17, 15) is 0 Å². The molecular formula is C11H22N2O2. The van der Waals surface area contributed by atoms with Gasteiger partial charge in [0.15, 0.2) is 0 Å². The summed E-state index contributed by atoms with van der Waals surface area (Å²) in [6, 6.07) is 0. The average Bonchev–Trinajstić information content (AvgIpc) is 2.83. The molecule has 15 heavy (non-hydrogen) atoms. The lowest BCUT2D eigenvalue weighted by Crippen LogP contribution is -2.21. The summed E-state index contributed by atoms with van der Waals surface area (Å²) in [5.41, 5.74) is 5.58. The standard InChI is InChI=1S/C11H22N2O2/c1-9(2)15-6-5-14-8-11(3-4-11)7-10(12)13/h9H,3-8H2,1-2H3,(H3,12,13). The van der Waals surface area contributed by atoms with Crippen LogP contribution < -0.4 is 5.73 Å². The fourth-order valence-corrected chi connectivity index (χ4v) is 1.58. The van der Waals surface area contributed by atoms with E-state index in [4.69, 9.17) is 20.6 Å². The quantitative estimate of drug-likeness (QED) is 0.366. The van der Waals surface area contributed by atoms with Crippen LogP contribution in [0.3, 0.4) is 0 Å². The van der Waals surface area contributed by atoms with Gasteiger partial charge in [0.05, 0.1) is 31.8 Å². The molecule has 1 aliphatic rings. The van der Waals surface area contributed by atoms with Crippen molar-refractivity contribution in [2.45, 2.75) is 39.2 Å². The van der Waals surface area contributed by atoms with E-state index in [1.54, 1.807) is 0 Å². The highest BCUT2D eigenvalue weighted by Crippen LogP contribution is 2.48. The van der Waals surface area contributed by atoms with Crippen molar-refractivity contribution < 1.29 is 9.47 Å². The largest absolute Gasteiger partial charge is 0.388 e. The Kier molecular flexibility index (Phi) is 4.54. The van der Waals surface area contributed by atoms with Gasteiger partial charge in [0, 0.05) is 11.8 Å². The molecule has 1 aliphatic carbocycles. The predicted octanol–water partition coefficient (Wildman–Crippen LogP) is 1.53. The molecule has 0 spiro atoms. The molecule has 0 aromatic heterocycles. The Bertz CT molecular complexity index is 213. The summed E-state index contributed by atoms with van der Waals surface area (Å²) >= 11 is 0. The number of amidine groups is 1. The summed E-state index contributed by atoms with van der Waals surface area (Å²) in [6.07, 6.45) is 3.22. The van der Waals surface area contributed by atoms with Crippen LogP contribution in [0.5, 0.6) is 0 Å². The second kappa shape index (κ2) is 5.47. The Morgan fingerprint density at radius 2 is 2.07 bits per heavy atom. The zero-order valence-electron chi connectivity index (χ0n) is 9.71. The molecule has 0 amide bonds. The van der Waals surface area contributed by atoms with Crippen LogP contribution in [0, 0.1) is 10.8 Å². The average molecular weight is 214 g/mol. The van der Waals surface area contributed by atoms with Crippen LogP contribution in [0.1, 0.15) is 33.1 Å². The lowest BCUT2D eigenvalue weighted by Gasteiger charge is -2.14. The predicted molar refractivity (Wildman–Crippen MR) is 60.1 cm³/mol. The topological polar surface area (TPSA) is 68.3 Å². The van der Waals surface area contributed by atoms with E-state index in [1.165, 1.54) is 0 Å². The molecule has 0 aromatic rings. The maximum Gasteiger partial charge on any atom is 0.0911 e. The summed E-state index contributed by atoms with van der Waals surface area (Å²) in [4.78, 5) is 0. The second-order valence-corrected chi connectivity index (χ2v) is 4.67. The zero-order chi connectivity index (χ0) is 11.3. The van der Waals surface area contributed by atoms with Crippen LogP contribution in [-0.4, -0.2) is 31.8 Å². The highest BCUT2D eigenvalue weighted by molar-refractivity contribution is 5.78. The van der Waals surface area contributed by atoms with Crippen molar-refractivity contribution in [1.82, 2.24) is 0 Å². The van der Waals surface area contributed by atoms with E-state index in [0.29, 0.717) is 26.2 Å². The van der Waals surface area contributed by atoms with Gasteiger partial charge in [0.2, 0.25) is 0 Å². The van der Waals surface area contributed by atoms with Crippen LogP contribution in [-0.2, 0) is 9.47 Å². The van der Waals surface area contributed by atoms with Crippen molar-refractivity contribution in [3.63, 3.8) is 0 Å². The fourth-order valence-electron chi connectivity index (χ4n) is 1.58. The van der Waals surface area contributed by atoms with E-state index in [0.717, 1.165) is 12.8 Å². The Morgan fingerprint density at radius 3 is 2.53 bits per heavy atom. The first kappa shape index (κ1) is 12.5. The van der Waals surface area contributed by atoms with Gasteiger partial charge in [-0.1, -0.05) is 0 Å². The van der Waals surface area contributed by atoms with Gasteiger partial charge in [0.1, 0.15) is 0 Å². The number of nitrogens with two attached hydrogens (primary N) is 1. The molecule has 1 saturated carbocycles. The Labute approximate surface area is 91.6 Å². The van der Waals surface area contributed by atoms with E-state index in [-0.39, 0.29) is 17.4 Å². The molecule has 0 heterocycles. The third kappa shape index (κ3) is 5.14. The first-order valence-corrected chi connectivity index (χ1v) is 5.56. The zero-order valence-corrected chi connectivity index (χ0v) is 9.71. The second-order valence-electron chi connectivity index (χ2n) is 4.67. The van der Waals surface area contributed by atoms with Gasteiger partial charge >= 0.3 is 0 Å². The van der Waals surface area contributed by atoms with Crippen LogP contribution in [0.2, 0.25) is 0 Å². The summed E-state index contributed by atoms with van der Waals surface area (Å²) in [5.74, 6) is 0.273. The molecule has 0 saturated heterocycles. The Balaban J connectivity index is 2.02. The summed E-state index contributed by atoms with van der Waals surface area (Å²) in [7, 11) is 0. The fraction of sp³-hybridized carbons (Fsp3) is 0.909. The van der Waals surface area contributed by atoms with Crippen molar-refractivity contribution in [2.75, 3.05) is 19.8 Å². The molecule has 4 nitrogen and oxygen atoms in total. The number of rotatable bonds is 8. The van der Waals surface area contributed by atoms with Crippen LogP contribution >= 0.6 is 0 Å². The molecular weight excluding hydrogens is 192 g/mol. The minimum absolute atomic E-state index is 0.184. The maximum absolute atomic E-state index is 7.26. The molecule has 0 bridgehead atoms. The van der Waals surface area contributed by atoms with Crippen molar-refractivity contribution in [2.24, 2.45) is 11.1 Å². The van der Waals surface area contributed by atoms with Crippen molar-refractivity contribution in [3.05, 3.63) is 0 Å². The van der Waals surface area contributed by atoms with Crippen LogP contribution in [0.4, 0.5) is 0 Å². The summed E-state index contributed by atoms with van der Waals surface area (Å²) in [5, 5.41) is 7.26. The Hall–Kier alpha value is -0.610. The lowest BCUT2D eigenvalue weighted by atomic mass is 10.0. The Morgan fingerprint density at radius 1 is 1.40 bits per heavy atom. The molecule has 88 valence electrons. The first-order chi connectivity index (χ1) is 7.04. The molecule has 1 rings (SSSR count). The van der Waals surface area contributed by atoms with Crippen molar-refractivity contribution in [1.29, 1.82) is 5.41 Å². The maximum atomic E-state index is 7.26. The van der Waals surface area contributed by atoms with Gasteiger partial charge < -0.3 is 15.2 Å². The third-order valence-electron chi connectivity index (χ3n) is 2.61. The molecule has 0 unspecified atom stereocenters. The molecule has 3 N–H and O–H groups in total. The van der Waals surface area contributed by atoms with Gasteiger partial charge in [-0.3, -0.25) is 5.41 Å². The smallest absolute Gasteiger partial charge is 0.0911 e. The van der Waals surface area contributed by atoms with E-state index in [1.807, 2.05) is 13.8 Å². The highest BCUT2D eigenvalue weighted by atomic mass is 16.5. The molecule has 0 atom stereocenters. The van der Waals surface area contributed by atoms with Crippen LogP contribution in [0.15, 0.2) is 0 Å². The monoisotopic (exact) mass is 214 g/mol. The normalized spacial score (nSPS) is 18.1. The molecule has 4 heteroatoms. The van der Waals surface area contributed by atoms with E-state index < -0.39 is 0 Å². The first-order valence-electron chi connectivity index (χ1n) is 5.56. The molecule has 0 aliphatic heterocycles. The summed E-state index contributed by atoms with van der Waals surface area (Å²) < 4.78 is 10.9. The van der Waals surface area contributed by atoms with Gasteiger partial charge in [-0.05, 0) is 26.7 Å². The number of nitrogens with one attached hydrogen (secondary N) is 1. The number of hydrogen-bond acceptors (Lipinski definition) is 3. The minimum Gasteiger partial charge on any atom is -0.388 e. The van der Waals surface area contributed by atoms with Crippen LogP contribution in [0.25, 0.3) is 0 Å². The third-order valence-corrected chi connectivity index (χ3v) is 2.61. The highest BCUT2D eigenvalue weighted by Gasteiger charge is 2.43. The van der Waals surface area contributed by atoms with Gasteiger partial charge in [-0.25, -0.2) is 0 Å². The SMILES string of the molecule is CC(C)OCCOCC1(CC(=N)N)CC1. The number of ether oxygens (including phenoxy) is 2. The summed E-state index contributed by atoms with van der Waals surface area (Å²) in [6.45, 7) is 6.02. The molecule has 1 fully saturated rings. The van der Waals surface area contributed by atoms with E-state index >= 15 is 0 Å². The lowest BCUT2D eigenvalue weighted by molar-refractivity contribution is 0.00729. The van der Waals surface area contributed by atoms with E-state index in [2.05, 4.69) is 0 Å². The van der Waals surface area contributed by atoms with Gasteiger partial charge in [-0.2, -0.15) is 0 Å². The van der Waals surface area contributed by atoms with Gasteiger partial charge in [0.25, 0.3) is 0 Å². The molecule has 0 radical (unpaired) electrons. The minimum atomic E-state index is 0.184. The number of hydrogen-bond donors (Lipinski definition) is 2.